The lowest BCUT2D eigenvalue weighted by Crippen LogP contribution is -2.00. The monoisotopic (exact) mass is 126 g/mol. The van der Waals surface area contributed by atoms with Gasteiger partial charge in [0.1, 0.15) is 0 Å². The van der Waals surface area contributed by atoms with E-state index in [1.807, 2.05) is 0 Å². The Morgan fingerprint density at radius 2 is 2.25 bits per heavy atom. The van der Waals surface area contributed by atoms with Crippen LogP contribution in [-0.2, 0) is 12.6 Å². The van der Waals surface area contributed by atoms with Crippen LogP contribution >= 0.6 is 0 Å². The maximum absolute atomic E-state index is 10.3. The van der Waals surface area contributed by atoms with E-state index in [9.17, 15) is 4.79 Å². The summed E-state index contributed by atoms with van der Waals surface area (Å²) in [7, 11) is 0. The van der Waals surface area contributed by atoms with E-state index in [1.54, 1.807) is 6.07 Å². The van der Waals surface area contributed by atoms with E-state index in [-0.39, 0.29) is 5.56 Å². The lowest BCUT2D eigenvalue weighted by Gasteiger charge is -1.98. The van der Waals surface area contributed by atoms with Crippen LogP contribution in [0.15, 0.2) is 28.0 Å². The first-order chi connectivity index (χ1) is 3.79. The maximum atomic E-state index is 10.3. The Balaban J connectivity index is 3.22. The van der Waals surface area contributed by atoms with E-state index in [1.165, 1.54) is 12.3 Å². The third kappa shape index (κ3) is 1.07. The number of hydrogen-bond donors (Lipinski definition) is 1. The van der Waals surface area contributed by atoms with Crippen LogP contribution in [0.4, 0.5) is 0 Å². The Kier molecular flexibility index (Phi) is 1.30. The van der Waals surface area contributed by atoms with Gasteiger partial charge in [-0.15, -0.1) is 0 Å². The molecule has 0 amide bonds. The van der Waals surface area contributed by atoms with Crippen molar-refractivity contribution in [3.63, 3.8) is 0 Å². The fourth-order valence-corrected chi connectivity index (χ4v) is 0.523. The lowest BCUT2D eigenvalue weighted by atomic mass is 10.5. The quantitative estimate of drug-likeness (QED) is 0.506. The van der Waals surface area contributed by atoms with Crippen LogP contribution in [0.25, 0.3) is 0 Å². The number of rotatable bonds is 0. The Morgan fingerprint density at radius 1 is 1.50 bits per heavy atom. The molecule has 1 N–H and O–H groups in total. The van der Waals surface area contributed by atoms with Gasteiger partial charge >= 0.3 is 0 Å². The first kappa shape index (κ1) is 5.31. The van der Waals surface area contributed by atoms with Gasteiger partial charge in [-0.05, 0) is 6.20 Å². The zero-order chi connectivity index (χ0) is 5.98. The van der Waals surface area contributed by atoms with E-state index >= 15 is 0 Å². The van der Waals surface area contributed by atoms with Gasteiger partial charge in [0.15, 0.2) is 0 Å². The highest BCUT2D eigenvalue weighted by atomic mass is 32.1. The topological polar surface area (TPSA) is 32.9 Å². The molecule has 2 nitrogen and oxygen atoms in total. The molecule has 0 aliphatic heterocycles. The molecule has 1 rings (SSSR count). The number of hydrogen-bond acceptors (Lipinski definition) is 2. The van der Waals surface area contributed by atoms with Crippen molar-refractivity contribution in [2.75, 3.05) is 0 Å². The van der Waals surface area contributed by atoms with Crippen LogP contribution < -0.4 is 5.56 Å². The average molecular weight is 126 g/mol. The van der Waals surface area contributed by atoms with E-state index in [4.69, 9.17) is 12.6 Å². The fourth-order valence-electron chi connectivity index (χ4n) is 0.396. The van der Waals surface area contributed by atoms with Gasteiger partial charge in [0.05, 0.1) is 0 Å². The molecule has 0 saturated carbocycles. The number of pyridine rings is 1. The molecule has 0 aromatic carbocycles. The van der Waals surface area contributed by atoms with Gasteiger partial charge in [0.25, 0.3) is 0 Å². The fraction of sp³-hybridized carbons (Fsp3) is 0. The smallest absolute Gasteiger partial charge is 0.247 e. The lowest BCUT2D eigenvalue weighted by molar-refractivity contribution is 1.18. The van der Waals surface area contributed by atoms with Crippen LogP contribution in [0, 0.1) is 0 Å². The Hall–Kier alpha value is -0.830. The highest BCUT2D eigenvalue weighted by Gasteiger charge is 1.72. The molecular weight excluding hydrogens is 122 g/mol. The van der Waals surface area contributed by atoms with Gasteiger partial charge in [-0.2, -0.15) is 4.90 Å². The molecule has 0 spiro atoms. The first-order valence-electron chi connectivity index (χ1n) is 2.15. The van der Waals surface area contributed by atoms with Gasteiger partial charge in [0, 0.05) is 6.07 Å². The highest BCUT2D eigenvalue weighted by molar-refractivity contribution is 7.58. The summed E-state index contributed by atoms with van der Waals surface area (Å²) < 4.78 is 0. The minimum absolute atomic E-state index is 0.112. The molecule has 0 atom stereocenters. The summed E-state index contributed by atoms with van der Waals surface area (Å²) >= 11 is 4.70. The van der Waals surface area contributed by atoms with Gasteiger partial charge in [-0.1, -0.05) is 6.07 Å². The first-order valence-corrected chi connectivity index (χ1v) is 2.55. The molecule has 0 unspecified atom stereocenters. The molecule has 0 aliphatic rings. The predicted octanol–water partition coefficient (Wildman–Crippen LogP) is 0.281. The summed E-state index contributed by atoms with van der Waals surface area (Å²) in [6, 6.07) is 3.00. The van der Waals surface area contributed by atoms with Gasteiger partial charge in [-0.3, -0.25) is 4.79 Å². The van der Waals surface area contributed by atoms with Gasteiger partial charge in [-0.25, -0.2) is 0 Å². The third-order valence-corrected chi connectivity index (χ3v) is 1.01. The zero-order valence-corrected chi connectivity index (χ0v) is 4.87. The summed E-state index contributed by atoms with van der Waals surface area (Å²) in [5.41, 5.74) is -0.112. The second-order valence-electron chi connectivity index (χ2n) is 1.39. The van der Waals surface area contributed by atoms with E-state index < -0.39 is 0 Å². The van der Waals surface area contributed by atoms with Crippen molar-refractivity contribution in [3.8, 4) is 0 Å². The second-order valence-corrected chi connectivity index (χ2v) is 1.86. The van der Waals surface area contributed by atoms with Crippen LogP contribution in [0.5, 0.6) is 0 Å². The summed E-state index contributed by atoms with van der Waals surface area (Å²) in [6.07, 6.45) is 1.50. The molecule has 0 fully saturated rings. The average Bonchev–Trinajstić information content (AvgIpc) is 1.77. The summed E-state index contributed by atoms with van der Waals surface area (Å²) in [6.45, 7) is 0. The molecular formula is C5H4NOS-. The van der Waals surface area contributed by atoms with Crippen molar-refractivity contribution >= 4 is 12.6 Å². The number of aromatic nitrogens is 1. The van der Waals surface area contributed by atoms with Crippen molar-refractivity contribution in [3.05, 3.63) is 28.7 Å². The van der Waals surface area contributed by atoms with E-state index in [0.29, 0.717) is 4.90 Å². The normalized spacial score (nSPS) is 9.00. The van der Waals surface area contributed by atoms with Crippen molar-refractivity contribution in [2.24, 2.45) is 0 Å². The van der Waals surface area contributed by atoms with E-state index in [2.05, 4.69) is 4.98 Å². The van der Waals surface area contributed by atoms with Crippen LogP contribution in [0.1, 0.15) is 0 Å². The molecule has 0 bridgehead atoms. The van der Waals surface area contributed by atoms with Gasteiger partial charge in [0.2, 0.25) is 5.56 Å². The Morgan fingerprint density at radius 3 is 2.62 bits per heavy atom. The SMILES string of the molecule is O=c1ccc([S-])c[nH]1. The third-order valence-electron chi connectivity index (χ3n) is 0.756. The largest absolute Gasteiger partial charge is 0.778 e. The molecule has 0 radical (unpaired) electrons. The Labute approximate surface area is 52.0 Å². The van der Waals surface area contributed by atoms with Crippen molar-refractivity contribution in [1.29, 1.82) is 0 Å². The molecule has 1 heterocycles. The minimum Gasteiger partial charge on any atom is -0.778 e. The molecule has 3 heteroatoms. The minimum atomic E-state index is -0.112. The number of nitrogens with one attached hydrogen (secondary N) is 1. The van der Waals surface area contributed by atoms with Crippen LogP contribution in [0.3, 0.4) is 0 Å². The summed E-state index contributed by atoms with van der Waals surface area (Å²) in [5.74, 6) is 0. The standard InChI is InChI=1S/C5H5NOS/c7-5-2-1-4(8)3-6-5/h1-3,8H,(H,6,7)/p-1. The molecule has 0 aliphatic carbocycles. The number of aromatic amines is 1. The van der Waals surface area contributed by atoms with E-state index in [0.717, 1.165) is 0 Å². The summed E-state index contributed by atoms with van der Waals surface area (Å²) in [5, 5.41) is 0. The predicted molar refractivity (Wildman–Crippen MR) is 32.7 cm³/mol. The molecule has 0 saturated heterocycles. The van der Waals surface area contributed by atoms with Gasteiger partial charge < -0.3 is 17.6 Å². The van der Waals surface area contributed by atoms with Crippen LogP contribution in [0.2, 0.25) is 0 Å². The molecule has 1 aromatic heterocycles. The maximum Gasteiger partial charge on any atom is 0.247 e. The molecule has 42 valence electrons. The van der Waals surface area contributed by atoms with Crippen molar-refractivity contribution < 1.29 is 0 Å². The highest BCUT2D eigenvalue weighted by Crippen LogP contribution is 1.85. The number of H-pyrrole nitrogens is 1. The summed E-state index contributed by atoms with van der Waals surface area (Å²) in [4.78, 5) is 13.4. The molecule has 8 heavy (non-hydrogen) atoms. The molecule has 1 aromatic rings. The Bertz CT molecular complexity index is 210. The zero-order valence-electron chi connectivity index (χ0n) is 4.05. The van der Waals surface area contributed by atoms with Crippen LogP contribution in [-0.4, -0.2) is 4.98 Å². The van der Waals surface area contributed by atoms with Crippen molar-refractivity contribution in [2.45, 2.75) is 4.90 Å². The second kappa shape index (κ2) is 1.96. The van der Waals surface area contributed by atoms with Crippen molar-refractivity contribution in [1.82, 2.24) is 4.98 Å².